The molecule has 0 bridgehead atoms. The second-order valence-electron chi connectivity index (χ2n) is 6.31. The number of carbonyl (C=O) groups excluding carboxylic acids is 2. The van der Waals surface area contributed by atoms with E-state index in [1.54, 1.807) is 0 Å². The summed E-state index contributed by atoms with van der Waals surface area (Å²) < 4.78 is 5.52. The quantitative estimate of drug-likeness (QED) is 0.841. The number of nitrogens with zero attached hydrogens (tertiary/aromatic N) is 1. The number of rotatable bonds is 2. The van der Waals surface area contributed by atoms with E-state index in [4.69, 9.17) is 4.74 Å². The van der Waals surface area contributed by atoms with E-state index >= 15 is 0 Å². The molecule has 0 unspecified atom stereocenters. The summed E-state index contributed by atoms with van der Waals surface area (Å²) in [5, 5.41) is 0. The van der Waals surface area contributed by atoms with E-state index in [-0.39, 0.29) is 18.4 Å². The van der Waals surface area contributed by atoms with Crippen molar-refractivity contribution in [1.29, 1.82) is 0 Å². The van der Waals surface area contributed by atoms with Gasteiger partial charge in [0.25, 0.3) is 0 Å². The van der Waals surface area contributed by atoms with Crippen LogP contribution in [0.3, 0.4) is 0 Å². The first-order valence-corrected chi connectivity index (χ1v) is 8.41. The number of ether oxygens (including phenoxy) is 1. The summed E-state index contributed by atoms with van der Waals surface area (Å²) in [5.74, 6) is -0.0975. The van der Waals surface area contributed by atoms with Crippen LogP contribution in [0.1, 0.15) is 36.3 Å². The van der Waals surface area contributed by atoms with E-state index in [0.717, 1.165) is 12.8 Å². The Bertz CT molecular complexity index is 753. The van der Waals surface area contributed by atoms with Crippen molar-refractivity contribution in [2.45, 2.75) is 25.2 Å². The van der Waals surface area contributed by atoms with E-state index in [9.17, 15) is 9.59 Å². The highest BCUT2D eigenvalue weighted by atomic mass is 16.6. The van der Waals surface area contributed by atoms with Crippen LogP contribution in [0.4, 0.5) is 4.79 Å². The van der Waals surface area contributed by atoms with Gasteiger partial charge in [0.15, 0.2) is 0 Å². The van der Waals surface area contributed by atoms with Gasteiger partial charge in [-0.3, -0.25) is 4.79 Å². The largest absolute Gasteiger partial charge is 0.448 e. The van der Waals surface area contributed by atoms with Crippen molar-refractivity contribution in [3.8, 4) is 11.1 Å². The topological polar surface area (TPSA) is 46.6 Å². The van der Waals surface area contributed by atoms with Crippen LogP contribution >= 0.6 is 0 Å². The third-order valence-electron chi connectivity index (χ3n) is 4.88. The van der Waals surface area contributed by atoms with Crippen molar-refractivity contribution in [2.75, 3.05) is 13.2 Å². The first-order valence-electron chi connectivity index (χ1n) is 8.41. The Balaban J connectivity index is 1.54. The fourth-order valence-corrected chi connectivity index (χ4v) is 3.67. The summed E-state index contributed by atoms with van der Waals surface area (Å²) in [5.41, 5.74) is 4.75. The summed E-state index contributed by atoms with van der Waals surface area (Å²) in [4.78, 5) is 25.4. The van der Waals surface area contributed by atoms with Gasteiger partial charge in [0.05, 0.1) is 0 Å². The van der Waals surface area contributed by atoms with Gasteiger partial charge in [-0.15, -0.1) is 0 Å². The van der Waals surface area contributed by atoms with E-state index in [1.807, 2.05) is 24.3 Å². The number of piperidine rings is 1. The zero-order chi connectivity index (χ0) is 16.5. The van der Waals surface area contributed by atoms with Crippen molar-refractivity contribution in [1.82, 2.24) is 4.90 Å². The Kier molecular flexibility index (Phi) is 3.81. The molecule has 2 aromatic carbocycles. The molecular formula is C20H19NO3. The van der Waals surface area contributed by atoms with Crippen LogP contribution in [-0.4, -0.2) is 30.1 Å². The third-order valence-corrected chi connectivity index (χ3v) is 4.88. The number of fused-ring (bicyclic) bond motifs is 3. The van der Waals surface area contributed by atoms with Crippen molar-refractivity contribution in [2.24, 2.45) is 0 Å². The predicted octanol–water partition coefficient (Wildman–Crippen LogP) is 3.95. The van der Waals surface area contributed by atoms with Crippen LogP contribution < -0.4 is 0 Å². The number of amides is 2. The van der Waals surface area contributed by atoms with Gasteiger partial charge in [0.2, 0.25) is 5.91 Å². The Morgan fingerprint density at radius 3 is 2.25 bits per heavy atom. The van der Waals surface area contributed by atoms with Crippen LogP contribution in [0.2, 0.25) is 0 Å². The first kappa shape index (κ1) is 14.9. The zero-order valence-electron chi connectivity index (χ0n) is 13.4. The lowest BCUT2D eigenvalue weighted by atomic mass is 9.98. The minimum atomic E-state index is -0.512. The highest BCUT2D eigenvalue weighted by Crippen LogP contribution is 2.44. The molecule has 122 valence electrons. The third kappa shape index (κ3) is 2.48. The molecule has 1 fully saturated rings. The molecule has 1 aliphatic carbocycles. The number of imide groups is 1. The average Bonchev–Trinajstić information content (AvgIpc) is 2.94. The lowest BCUT2D eigenvalue weighted by Gasteiger charge is -2.25. The Morgan fingerprint density at radius 2 is 1.62 bits per heavy atom. The van der Waals surface area contributed by atoms with Crippen LogP contribution in [-0.2, 0) is 9.53 Å². The fraction of sp³-hybridized carbons (Fsp3) is 0.300. The molecule has 2 aromatic rings. The SMILES string of the molecule is O=C1CCCCN1C(=O)OCC1c2ccccc2-c2ccccc21. The fourth-order valence-electron chi connectivity index (χ4n) is 3.67. The van der Waals surface area contributed by atoms with Crippen molar-refractivity contribution in [3.63, 3.8) is 0 Å². The highest BCUT2D eigenvalue weighted by molar-refractivity contribution is 5.92. The summed E-state index contributed by atoms with van der Waals surface area (Å²) in [7, 11) is 0. The number of carbonyl (C=O) groups is 2. The van der Waals surface area contributed by atoms with E-state index < -0.39 is 6.09 Å². The van der Waals surface area contributed by atoms with Gasteiger partial charge in [-0.05, 0) is 35.1 Å². The van der Waals surface area contributed by atoms with Crippen molar-refractivity contribution in [3.05, 3.63) is 59.7 Å². The Morgan fingerprint density at radius 1 is 1.00 bits per heavy atom. The van der Waals surface area contributed by atoms with E-state index in [2.05, 4.69) is 24.3 Å². The van der Waals surface area contributed by atoms with E-state index in [1.165, 1.54) is 27.2 Å². The molecule has 24 heavy (non-hydrogen) atoms. The lowest BCUT2D eigenvalue weighted by Crippen LogP contribution is -2.41. The molecule has 2 amide bonds. The second-order valence-corrected chi connectivity index (χ2v) is 6.31. The van der Waals surface area contributed by atoms with Gasteiger partial charge >= 0.3 is 6.09 Å². The standard InChI is InChI=1S/C20H19NO3/c22-19-11-5-6-12-21(19)20(23)24-13-18-16-9-3-1-7-14(16)15-8-2-4-10-17(15)18/h1-4,7-10,18H,5-6,11-13H2. The molecule has 1 aliphatic heterocycles. The zero-order valence-corrected chi connectivity index (χ0v) is 13.4. The highest BCUT2D eigenvalue weighted by Gasteiger charge is 2.31. The Hall–Kier alpha value is -2.62. The number of benzene rings is 2. The smallest absolute Gasteiger partial charge is 0.416 e. The minimum Gasteiger partial charge on any atom is -0.448 e. The molecule has 0 radical (unpaired) electrons. The molecule has 1 heterocycles. The molecule has 4 nitrogen and oxygen atoms in total. The molecule has 0 aromatic heterocycles. The van der Waals surface area contributed by atoms with Crippen molar-refractivity contribution >= 4 is 12.0 Å². The maximum absolute atomic E-state index is 12.3. The predicted molar refractivity (Wildman–Crippen MR) is 90.6 cm³/mol. The summed E-state index contributed by atoms with van der Waals surface area (Å²) >= 11 is 0. The maximum Gasteiger partial charge on any atom is 0.416 e. The normalized spacial score (nSPS) is 16.7. The maximum atomic E-state index is 12.3. The summed E-state index contributed by atoms with van der Waals surface area (Å²) in [6.07, 6.45) is 1.63. The molecule has 0 N–H and O–H groups in total. The van der Waals surface area contributed by atoms with Crippen LogP contribution in [0.25, 0.3) is 11.1 Å². The molecule has 0 atom stereocenters. The first-order chi connectivity index (χ1) is 11.8. The summed E-state index contributed by atoms with van der Waals surface area (Å²) in [6.45, 7) is 0.728. The molecular weight excluding hydrogens is 302 g/mol. The van der Waals surface area contributed by atoms with Gasteiger partial charge in [-0.25, -0.2) is 9.69 Å². The van der Waals surface area contributed by atoms with Crippen molar-refractivity contribution < 1.29 is 14.3 Å². The van der Waals surface area contributed by atoms with Gasteiger partial charge in [-0.1, -0.05) is 48.5 Å². The van der Waals surface area contributed by atoms with Gasteiger partial charge in [-0.2, -0.15) is 0 Å². The Labute approximate surface area is 141 Å². The number of hydrogen-bond donors (Lipinski definition) is 0. The molecule has 1 saturated heterocycles. The molecule has 4 rings (SSSR count). The monoisotopic (exact) mass is 321 g/mol. The number of hydrogen-bond acceptors (Lipinski definition) is 3. The summed E-state index contributed by atoms with van der Waals surface area (Å²) in [6, 6.07) is 16.4. The minimum absolute atomic E-state index is 0.0289. The van der Waals surface area contributed by atoms with Crippen LogP contribution in [0.15, 0.2) is 48.5 Å². The average molecular weight is 321 g/mol. The lowest BCUT2D eigenvalue weighted by molar-refractivity contribution is -0.131. The van der Waals surface area contributed by atoms with Crippen LogP contribution in [0, 0.1) is 0 Å². The second kappa shape index (κ2) is 6.11. The molecule has 4 heteroatoms. The molecule has 0 spiro atoms. The van der Waals surface area contributed by atoms with Crippen LogP contribution in [0.5, 0.6) is 0 Å². The van der Waals surface area contributed by atoms with Gasteiger partial charge < -0.3 is 4.74 Å². The molecule has 2 aliphatic rings. The van der Waals surface area contributed by atoms with E-state index in [0.29, 0.717) is 13.0 Å². The van der Waals surface area contributed by atoms with Gasteiger partial charge in [0.1, 0.15) is 6.61 Å². The molecule has 0 saturated carbocycles. The van der Waals surface area contributed by atoms with Gasteiger partial charge in [0, 0.05) is 18.9 Å². The number of likely N-dealkylation sites (tertiary alicyclic amines) is 1.